The minimum atomic E-state index is -1.09. The molecular formula is C12H10N2O3S. The number of carbonyl (C=O) groups is 2. The first-order chi connectivity index (χ1) is 8.61. The molecule has 0 saturated carbocycles. The van der Waals surface area contributed by atoms with Crippen LogP contribution in [0.2, 0.25) is 0 Å². The fourth-order valence-corrected chi connectivity index (χ4v) is 3.52. The normalized spacial score (nSPS) is 26.1. The van der Waals surface area contributed by atoms with Crippen molar-refractivity contribution in [3.8, 4) is 0 Å². The average molecular weight is 262 g/mol. The smallest absolute Gasteiger partial charge is 0.353 e. The van der Waals surface area contributed by atoms with Crippen LogP contribution in [0.5, 0.6) is 0 Å². The van der Waals surface area contributed by atoms with Gasteiger partial charge in [-0.2, -0.15) is 0 Å². The monoisotopic (exact) mass is 262 g/mol. The first kappa shape index (κ1) is 11.3. The summed E-state index contributed by atoms with van der Waals surface area (Å²) in [6.45, 7) is 0. The highest BCUT2D eigenvalue weighted by Crippen LogP contribution is 2.49. The number of amides is 1. The quantitative estimate of drug-likeness (QED) is 0.766. The predicted molar refractivity (Wildman–Crippen MR) is 67.2 cm³/mol. The van der Waals surface area contributed by atoms with Crippen molar-refractivity contribution in [2.24, 2.45) is 5.73 Å². The molecule has 1 fully saturated rings. The van der Waals surface area contributed by atoms with Crippen LogP contribution < -0.4 is 5.73 Å². The van der Waals surface area contributed by atoms with Crippen LogP contribution in [0.3, 0.4) is 0 Å². The summed E-state index contributed by atoms with van der Waals surface area (Å²) in [7, 11) is 0. The largest absolute Gasteiger partial charge is 0.477 e. The van der Waals surface area contributed by atoms with Crippen molar-refractivity contribution in [1.82, 2.24) is 4.90 Å². The number of fused-ring (bicyclic) bond motifs is 1. The van der Waals surface area contributed by atoms with E-state index in [0.29, 0.717) is 4.91 Å². The average Bonchev–Trinajstić information content (AvgIpc) is 2.76. The van der Waals surface area contributed by atoms with E-state index in [0.717, 1.165) is 5.56 Å². The van der Waals surface area contributed by atoms with E-state index in [-0.39, 0.29) is 17.0 Å². The SMILES string of the molecule is NC1C(=O)N2C(C(=O)O)=C(c3ccccc3)S[C@@H]12. The molecule has 2 atom stereocenters. The van der Waals surface area contributed by atoms with Crippen LogP contribution in [0.15, 0.2) is 36.0 Å². The van der Waals surface area contributed by atoms with Crippen LogP contribution in [0, 0.1) is 0 Å². The molecule has 2 aliphatic heterocycles. The lowest BCUT2D eigenvalue weighted by Gasteiger charge is -2.39. The lowest BCUT2D eigenvalue weighted by molar-refractivity contribution is -0.147. The number of nitrogens with two attached hydrogens (primary N) is 1. The number of carbonyl (C=O) groups excluding carboxylic acids is 1. The molecule has 0 spiro atoms. The van der Waals surface area contributed by atoms with E-state index in [1.807, 2.05) is 30.3 Å². The van der Waals surface area contributed by atoms with Crippen molar-refractivity contribution >= 4 is 28.5 Å². The van der Waals surface area contributed by atoms with E-state index in [4.69, 9.17) is 5.73 Å². The summed E-state index contributed by atoms with van der Waals surface area (Å²) in [5.74, 6) is -1.42. The molecule has 92 valence electrons. The Labute approximate surface area is 107 Å². The predicted octanol–water partition coefficient (Wildman–Crippen LogP) is 0.682. The number of aliphatic carboxylic acids is 1. The molecule has 1 unspecified atom stereocenters. The van der Waals surface area contributed by atoms with Crippen LogP contribution in [-0.2, 0) is 9.59 Å². The van der Waals surface area contributed by atoms with Gasteiger partial charge in [-0.05, 0) is 5.56 Å². The molecule has 6 heteroatoms. The van der Waals surface area contributed by atoms with E-state index >= 15 is 0 Å². The Balaban J connectivity index is 2.09. The minimum Gasteiger partial charge on any atom is -0.477 e. The Morgan fingerprint density at radius 2 is 2.00 bits per heavy atom. The zero-order chi connectivity index (χ0) is 12.9. The molecule has 5 nitrogen and oxygen atoms in total. The molecule has 1 amide bonds. The Kier molecular flexibility index (Phi) is 2.42. The first-order valence-electron chi connectivity index (χ1n) is 5.39. The lowest BCUT2D eigenvalue weighted by atomic mass is 10.1. The second-order valence-corrected chi connectivity index (χ2v) is 5.22. The molecule has 0 aromatic heterocycles. The topological polar surface area (TPSA) is 83.6 Å². The molecule has 1 saturated heterocycles. The number of hydrogen-bond donors (Lipinski definition) is 2. The maximum Gasteiger partial charge on any atom is 0.353 e. The zero-order valence-electron chi connectivity index (χ0n) is 9.24. The van der Waals surface area contributed by atoms with Crippen molar-refractivity contribution in [1.29, 1.82) is 0 Å². The van der Waals surface area contributed by atoms with Gasteiger partial charge in [0, 0.05) is 4.91 Å². The molecule has 3 N–H and O–H groups in total. The first-order valence-corrected chi connectivity index (χ1v) is 6.27. The van der Waals surface area contributed by atoms with Gasteiger partial charge in [0.05, 0.1) is 0 Å². The fraction of sp³-hybridized carbons (Fsp3) is 0.167. The van der Waals surface area contributed by atoms with E-state index < -0.39 is 12.0 Å². The van der Waals surface area contributed by atoms with Gasteiger partial charge in [-0.3, -0.25) is 9.69 Å². The van der Waals surface area contributed by atoms with E-state index in [1.165, 1.54) is 16.7 Å². The molecule has 0 aliphatic carbocycles. The Morgan fingerprint density at radius 3 is 2.61 bits per heavy atom. The zero-order valence-corrected chi connectivity index (χ0v) is 10.1. The number of thioether (sulfide) groups is 1. The third kappa shape index (κ3) is 1.39. The Bertz CT molecular complexity index is 570. The maximum atomic E-state index is 11.6. The highest BCUT2D eigenvalue weighted by Gasteiger charge is 2.54. The maximum absolute atomic E-state index is 11.6. The third-order valence-corrected chi connectivity index (χ3v) is 4.43. The van der Waals surface area contributed by atoms with E-state index in [2.05, 4.69) is 0 Å². The number of benzene rings is 1. The van der Waals surface area contributed by atoms with Gasteiger partial charge in [-0.25, -0.2) is 4.79 Å². The summed E-state index contributed by atoms with van der Waals surface area (Å²) in [6, 6.07) is 8.57. The van der Waals surface area contributed by atoms with Crippen molar-refractivity contribution in [3.63, 3.8) is 0 Å². The van der Waals surface area contributed by atoms with Crippen LogP contribution in [0.4, 0.5) is 0 Å². The summed E-state index contributed by atoms with van der Waals surface area (Å²) in [4.78, 5) is 24.8. The number of rotatable bonds is 2. The molecule has 1 aromatic rings. The van der Waals surface area contributed by atoms with Gasteiger partial charge >= 0.3 is 5.97 Å². The molecule has 2 heterocycles. The van der Waals surface area contributed by atoms with Gasteiger partial charge in [0.1, 0.15) is 17.1 Å². The van der Waals surface area contributed by atoms with Crippen LogP contribution in [0.25, 0.3) is 4.91 Å². The van der Waals surface area contributed by atoms with Crippen molar-refractivity contribution in [2.75, 3.05) is 0 Å². The number of hydrogen-bond acceptors (Lipinski definition) is 4. The number of carboxylic acids is 1. The molecule has 0 radical (unpaired) electrons. The second kappa shape index (κ2) is 3.86. The Morgan fingerprint density at radius 1 is 1.33 bits per heavy atom. The van der Waals surface area contributed by atoms with Gasteiger partial charge in [0.15, 0.2) is 0 Å². The fourth-order valence-electron chi connectivity index (χ4n) is 2.13. The summed E-state index contributed by atoms with van der Waals surface area (Å²) in [5, 5.41) is 8.99. The summed E-state index contributed by atoms with van der Waals surface area (Å²) >= 11 is 1.34. The highest BCUT2D eigenvalue weighted by molar-refractivity contribution is 8.09. The lowest BCUT2D eigenvalue weighted by Crippen LogP contribution is -2.65. The van der Waals surface area contributed by atoms with Gasteiger partial charge in [-0.1, -0.05) is 42.1 Å². The number of carboxylic acid groups (broad SMARTS) is 1. The number of β-lactam (4-membered cyclic amide) rings is 1. The molecule has 1 aromatic carbocycles. The number of nitrogens with zero attached hydrogens (tertiary/aromatic N) is 1. The van der Waals surface area contributed by atoms with Crippen LogP contribution in [-0.4, -0.2) is 33.3 Å². The second-order valence-electron chi connectivity index (χ2n) is 4.09. The van der Waals surface area contributed by atoms with Crippen LogP contribution >= 0.6 is 11.8 Å². The standard InChI is InChI=1S/C12H10N2O3S/c13-7-10(15)14-8(12(16)17)9(18-11(7)14)6-4-2-1-3-5-6/h1-5,7,11H,13H2,(H,16,17)/t7?,11-/m0/s1. The van der Waals surface area contributed by atoms with Gasteiger partial charge in [-0.15, -0.1) is 0 Å². The van der Waals surface area contributed by atoms with Crippen molar-refractivity contribution in [3.05, 3.63) is 41.6 Å². The van der Waals surface area contributed by atoms with Gasteiger partial charge < -0.3 is 10.8 Å². The Hall–Kier alpha value is -1.79. The highest BCUT2D eigenvalue weighted by atomic mass is 32.2. The van der Waals surface area contributed by atoms with Crippen LogP contribution in [0.1, 0.15) is 5.56 Å². The van der Waals surface area contributed by atoms with Gasteiger partial charge in [0.2, 0.25) is 5.91 Å². The molecule has 18 heavy (non-hydrogen) atoms. The summed E-state index contributed by atoms with van der Waals surface area (Å²) < 4.78 is 0. The van der Waals surface area contributed by atoms with E-state index in [9.17, 15) is 14.7 Å². The summed E-state index contributed by atoms with van der Waals surface area (Å²) in [5.41, 5.74) is 6.52. The molecule has 3 rings (SSSR count). The third-order valence-electron chi connectivity index (χ3n) is 3.02. The van der Waals surface area contributed by atoms with E-state index in [1.54, 1.807) is 0 Å². The minimum absolute atomic E-state index is 0.0444. The molecular weight excluding hydrogens is 252 g/mol. The van der Waals surface area contributed by atoms with Gasteiger partial charge in [0.25, 0.3) is 0 Å². The summed E-state index contributed by atoms with van der Waals surface area (Å²) in [6.07, 6.45) is 0. The van der Waals surface area contributed by atoms with Crippen molar-refractivity contribution in [2.45, 2.75) is 11.4 Å². The molecule has 0 bridgehead atoms. The van der Waals surface area contributed by atoms with Crippen molar-refractivity contribution < 1.29 is 14.7 Å². The molecule has 2 aliphatic rings.